The van der Waals surface area contributed by atoms with E-state index in [2.05, 4.69) is 18.4 Å². The number of nitrogens with one attached hydrogen (secondary N) is 1. The van der Waals surface area contributed by atoms with Crippen LogP contribution >= 0.6 is 0 Å². The number of hydrogen-bond donors (Lipinski definition) is 1. The summed E-state index contributed by atoms with van der Waals surface area (Å²) < 4.78 is 4.94. The van der Waals surface area contributed by atoms with Crippen molar-refractivity contribution in [2.24, 2.45) is 0 Å². The standard InChI is InChI=1S/C8H17NO2Si/c1-4-11-8(10)7-5-12(2,3)6-9-7/h7,9H,4-6H2,1-3H3/t7-/m0/s1. The highest BCUT2D eigenvalue weighted by atomic mass is 28.3. The van der Waals surface area contributed by atoms with Crippen LogP contribution < -0.4 is 5.32 Å². The molecule has 70 valence electrons. The molecule has 0 unspecified atom stereocenters. The molecule has 1 N–H and O–H groups in total. The molecule has 1 fully saturated rings. The Morgan fingerprint density at radius 2 is 2.33 bits per heavy atom. The monoisotopic (exact) mass is 187 g/mol. The molecule has 0 aromatic carbocycles. The van der Waals surface area contributed by atoms with Crippen LogP contribution in [-0.2, 0) is 9.53 Å². The number of hydrogen-bond acceptors (Lipinski definition) is 3. The molecule has 12 heavy (non-hydrogen) atoms. The van der Waals surface area contributed by atoms with Gasteiger partial charge in [-0.15, -0.1) is 0 Å². The average molecular weight is 187 g/mol. The van der Waals surface area contributed by atoms with Gasteiger partial charge in [-0.2, -0.15) is 0 Å². The third-order valence-electron chi connectivity index (χ3n) is 2.15. The second kappa shape index (κ2) is 3.58. The van der Waals surface area contributed by atoms with E-state index in [0.717, 1.165) is 12.2 Å². The first-order chi connectivity index (χ1) is 5.55. The lowest BCUT2D eigenvalue weighted by atomic mass is 10.3. The summed E-state index contributed by atoms with van der Waals surface area (Å²) in [5, 5.41) is 3.22. The maximum atomic E-state index is 11.3. The molecule has 1 atom stereocenters. The summed E-state index contributed by atoms with van der Waals surface area (Å²) in [5.74, 6) is -0.0735. The van der Waals surface area contributed by atoms with E-state index in [1.165, 1.54) is 0 Å². The van der Waals surface area contributed by atoms with Crippen LogP contribution in [-0.4, -0.2) is 32.9 Å². The number of carbonyl (C=O) groups is 1. The van der Waals surface area contributed by atoms with Crippen molar-refractivity contribution in [2.75, 3.05) is 12.8 Å². The zero-order valence-corrected chi connectivity index (χ0v) is 9.02. The Bertz CT molecular complexity index is 182. The first-order valence-corrected chi connectivity index (χ1v) is 7.86. The Labute approximate surface area is 74.5 Å². The summed E-state index contributed by atoms with van der Waals surface area (Å²) >= 11 is 0. The normalized spacial score (nSPS) is 27.1. The zero-order chi connectivity index (χ0) is 9.19. The van der Waals surface area contributed by atoms with Crippen molar-refractivity contribution in [1.29, 1.82) is 0 Å². The molecule has 1 rings (SSSR count). The second-order valence-electron chi connectivity index (χ2n) is 4.05. The molecule has 1 heterocycles. The van der Waals surface area contributed by atoms with Gasteiger partial charge in [0.2, 0.25) is 0 Å². The molecule has 3 nitrogen and oxygen atoms in total. The largest absolute Gasteiger partial charge is 0.465 e. The van der Waals surface area contributed by atoms with Gasteiger partial charge in [-0.1, -0.05) is 13.1 Å². The van der Waals surface area contributed by atoms with E-state index in [9.17, 15) is 4.79 Å². The number of esters is 1. The van der Waals surface area contributed by atoms with Crippen LogP contribution in [0.1, 0.15) is 6.92 Å². The highest BCUT2D eigenvalue weighted by Gasteiger charge is 2.36. The molecule has 4 heteroatoms. The maximum absolute atomic E-state index is 11.3. The van der Waals surface area contributed by atoms with Gasteiger partial charge >= 0.3 is 5.97 Å². The highest BCUT2D eigenvalue weighted by molar-refractivity contribution is 6.78. The second-order valence-corrected chi connectivity index (χ2v) is 9.14. The summed E-state index contributed by atoms with van der Waals surface area (Å²) in [5.41, 5.74) is 0. The average Bonchev–Trinajstić information content (AvgIpc) is 2.31. The van der Waals surface area contributed by atoms with Crippen molar-refractivity contribution < 1.29 is 9.53 Å². The fraction of sp³-hybridized carbons (Fsp3) is 0.875. The predicted molar refractivity (Wildman–Crippen MR) is 50.7 cm³/mol. The lowest BCUT2D eigenvalue weighted by molar-refractivity contribution is -0.144. The Kier molecular flexibility index (Phi) is 2.90. The summed E-state index contributed by atoms with van der Waals surface area (Å²) in [6.07, 6.45) is 1.04. The Hall–Kier alpha value is -0.353. The van der Waals surface area contributed by atoms with Crippen LogP contribution in [0.25, 0.3) is 0 Å². The Balaban J connectivity index is 2.41. The van der Waals surface area contributed by atoms with Crippen molar-refractivity contribution in [1.82, 2.24) is 5.32 Å². The first-order valence-electron chi connectivity index (χ1n) is 4.45. The van der Waals surface area contributed by atoms with Crippen LogP contribution in [0.5, 0.6) is 0 Å². The fourth-order valence-corrected chi connectivity index (χ4v) is 3.87. The minimum Gasteiger partial charge on any atom is -0.465 e. The van der Waals surface area contributed by atoms with Crippen LogP contribution in [0.3, 0.4) is 0 Å². The molecule has 0 aromatic rings. The summed E-state index contributed by atoms with van der Waals surface area (Å²) in [4.78, 5) is 11.3. The van der Waals surface area contributed by atoms with E-state index in [1.54, 1.807) is 0 Å². The van der Waals surface area contributed by atoms with E-state index >= 15 is 0 Å². The summed E-state index contributed by atoms with van der Waals surface area (Å²) in [6, 6.07) is 0.998. The van der Waals surface area contributed by atoms with Gasteiger partial charge in [-0.3, -0.25) is 4.79 Å². The zero-order valence-electron chi connectivity index (χ0n) is 8.02. The van der Waals surface area contributed by atoms with Crippen molar-refractivity contribution >= 4 is 14.0 Å². The van der Waals surface area contributed by atoms with Gasteiger partial charge in [0, 0.05) is 0 Å². The van der Waals surface area contributed by atoms with Crippen LogP contribution in [0.2, 0.25) is 19.1 Å². The molecule has 0 bridgehead atoms. The van der Waals surface area contributed by atoms with Gasteiger partial charge < -0.3 is 10.1 Å². The van der Waals surface area contributed by atoms with E-state index in [1.807, 2.05) is 6.92 Å². The van der Waals surface area contributed by atoms with Crippen molar-refractivity contribution in [3.05, 3.63) is 0 Å². The van der Waals surface area contributed by atoms with Crippen LogP contribution in [0.15, 0.2) is 0 Å². The molecule has 1 aliphatic rings. The van der Waals surface area contributed by atoms with Gasteiger partial charge in [0.15, 0.2) is 0 Å². The summed E-state index contributed by atoms with van der Waals surface area (Å²) in [6.45, 7) is 6.91. The molecule has 0 saturated carbocycles. The molecule has 0 amide bonds. The number of rotatable bonds is 2. The highest BCUT2D eigenvalue weighted by Crippen LogP contribution is 2.18. The fourth-order valence-electron chi connectivity index (χ4n) is 1.51. The van der Waals surface area contributed by atoms with Crippen LogP contribution in [0.4, 0.5) is 0 Å². The molecular weight excluding hydrogens is 170 g/mol. The Morgan fingerprint density at radius 1 is 1.67 bits per heavy atom. The van der Waals surface area contributed by atoms with E-state index < -0.39 is 8.07 Å². The number of ether oxygens (including phenoxy) is 1. The van der Waals surface area contributed by atoms with Crippen molar-refractivity contribution in [3.63, 3.8) is 0 Å². The molecule has 1 aliphatic heterocycles. The smallest absolute Gasteiger partial charge is 0.322 e. The van der Waals surface area contributed by atoms with E-state index in [-0.39, 0.29) is 12.0 Å². The van der Waals surface area contributed by atoms with Gasteiger partial charge in [0.05, 0.1) is 14.7 Å². The van der Waals surface area contributed by atoms with Gasteiger partial charge in [-0.05, 0) is 19.1 Å². The number of carbonyl (C=O) groups excluding carboxylic acids is 1. The third-order valence-corrected chi connectivity index (χ3v) is 4.83. The SMILES string of the molecule is CCOC(=O)[C@@H]1C[Si](C)(C)CN1. The van der Waals surface area contributed by atoms with E-state index in [0.29, 0.717) is 6.61 Å². The van der Waals surface area contributed by atoms with E-state index in [4.69, 9.17) is 4.74 Å². The molecular formula is C8H17NO2Si. The maximum Gasteiger partial charge on any atom is 0.322 e. The Morgan fingerprint density at radius 3 is 2.75 bits per heavy atom. The van der Waals surface area contributed by atoms with Crippen molar-refractivity contribution in [2.45, 2.75) is 32.1 Å². The lowest BCUT2D eigenvalue weighted by Crippen LogP contribution is -2.32. The van der Waals surface area contributed by atoms with Crippen LogP contribution in [0, 0.1) is 0 Å². The molecule has 0 spiro atoms. The minimum absolute atomic E-state index is 0.0217. The first kappa shape index (κ1) is 9.73. The third kappa shape index (κ3) is 2.32. The molecule has 0 radical (unpaired) electrons. The molecule has 0 aromatic heterocycles. The topological polar surface area (TPSA) is 38.3 Å². The van der Waals surface area contributed by atoms with Gasteiger partial charge in [0.1, 0.15) is 6.04 Å². The lowest BCUT2D eigenvalue weighted by Gasteiger charge is -2.12. The molecule has 1 saturated heterocycles. The molecule has 0 aliphatic carbocycles. The van der Waals surface area contributed by atoms with Crippen molar-refractivity contribution in [3.8, 4) is 0 Å². The van der Waals surface area contributed by atoms with Gasteiger partial charge in [0.25, 0.3) is 0 Å². The van der Waals surface area contributed by atoms with Gasteiger partial charge in [-0.25, -0.2) is 0 Å². The summed E-state index contributed by atoms with van der Waals surface area (Å²) in [7, 11) is -1.11. The quantitative estimate of drug-likeness (QED) is 0.512. The predicted octanol–water partition coefficient (Wildman–Crippen LogP) is 0.769. The minimum atomic E-state index is -1.11.